The second-order valence-corrected chi connectivity index (χ2v) is 4.64. The molecule has 0 amide bonds. The van der Waals surface area contributed by atoms with Crippen LogP contribution in [0.4, 0.5) is 5.69 Å². The molecule has 108 valence electrons. The smallest absolute Gasteiger partial charge is 0.193 e. The Balaban J connectivity index is 2.15. The van der Waals surface area contributed by atoms with E-state index in [1.54, 1.807) is 74.7 Å². The first kappa shape index (κ1) is 14.7. The summed E-state index contributed by atoms with van der Waals surface area (Å²) in [6.07, 6.45) is 0. The highest BCUT2D eigenvalue weighted by Crippen LogP contribution is 2.18. The van der Waals surface area contributed by atoms with Gasteiger partial charge in [-0.25, -0.2) is 0 Å². The number of benzene rings is 2. The van der Waals surface area contributed by atoms with Gasteiger partial charge in [-0.15, -0.1) is 5.11 Å². The zero-order valence-corrected chi connectivity index (χ0v) is 12.3. The Morgan fingerprint density at radius 3 is 1.95 bits per heavy atom. The Morgan fingerprint density at radius 2 is 1.48 bits per heavy atom. The van der Waals surface area contributed by atoms with E-state index in [2.05, 4.69) is 10.3 Å². The number of ketones is 1. The van der Waals surface area contributed by atoms with Crippen molar-refractivity contribution in [3.05, 3.63) is 59.7 Å². The molecule has 0 heterocycles. The normalized spacial score (nSPS) is 10.6. The molecule has 0 saturated heterocycles. The zero-order valence-electron chi connectivity index (χ0n) is 12.3. The number of hydrogen-bond donors (Lipinski definition) is 0. The van der Waals surface area contributed by atoms with Crippen molar-refractivity contribution in [3.8, 4) is 5.75 Å². The molecule has 0 radical (unpaired) electrons. The monoisotopic (exact) mass is 283 g/mol. The Morgan fingerprint density at radius 1 is 0.952 bits per heavy atom. The van der Waals surface area contributed by atoms with Gasteiger partial charge in [0.1, 0.15) is 5.75 Å². The Labute approximate surface area is 123 Å². The first-order valence-electron chi connectivity index (χ1n) is 6.48. The van der Waals surface area contributed by atoms with Gasteiger partial charge in [0.2, 0.25) is 0 Å². The topological polar surface area (TPSA) is 54.3 Å². The maximum absolute atomic E-state index is 12.3. The van der Waals surface area contributed by atoms with Crippen LogP contribution >= 0.6 is 0 Å². The summed E-state index contributed by atoms with van der Waals surface area (Å²) >= 11 is 0. The predicted molar refractivity (Wildman–Crippen MR) is 81.1 cm³/mol. The van der Waals surface area contributed by atoms with Crippen LogP contribution in [0.1, 0.15) is 15.9 Å². The van der Waals surface area contributed by atoms with Crippen molar-refractivity contribution in [2.45, 2.75) is 0 Å². The van der Waals surface area contributed by atoms with E-state index in [-0.39, 0.29) is 5.78 Å². The number of nitrogens with zero attached hydrogens (tertiary/aromatic N) is 3. The van der Waals surface area contributed by atoms with Gasteiger partial charge in [0.15, 0.2) is 5.78 Å². The summed E-state index contributed by atoms with van der Waals surface area (Å²) in [5, 5.41) is 9.54. The number of methoxy groups -OCH3 is 1. The fourth-order valence-electron chi connectivity index (χ4n) is 1.73. The van der Waals surface area contributed by atoms with Crippen LogP contribution in [0.2, 0.25) is 0 Å². The summed E-state index contributed by atoms with van der Waals surface area (Å²) < 4.78 is 5.08. The lowest BCUT2D eigenvalue weighted by Gasteiger charge is -2.04. The van der Waals surface area contributed by atoms with Crippen LogP contribution in [0.5, 0.6) is 5.75 Å². The fourth-order valence-corrected chi connectivity index (χ4v) is 1.73. The van der Waals surface area contributed by atoms with E-state index < -0.39 is 0 Å². The quantitative estimate of drug-likeness (QED) is 0.479. The van der Waals surface area contributed by atoms with Crippen LogP contribution in [0.25, 0.3) is 0 Å². The van der Waals surface area contributed by atoms with Crippen LogP contribution in [-0.2, 0) is 0 Å². The van der Waals surface area contributed by atoms with E-state index in [0.717, 1.165) is 5.75 Å². The highest BCUT2D eigenvalue weighted by atomic mass is 16.5. The van der Waals surface area contributed by atoms with Gasteiger partial charge in [0.05, 0.1) is 12.8 Å². The number of rotatable bonds is 5. The van der Waals surface area contributed by atoms with Crippen molar-refractivity contribution in [1.82, 2.24) is 5.01 Å². The molecule has 0 aromatic heterocycles. The number of hydrogen-bond acceptors (Lipinski definition) is 4. The lowest BCUT2D eigenvalue weighted by Crippen LogP contribution is -2.01. The van der Waals surface area contributed by atoms with Crippen molar-refractivity contribution < 1.29 is 9.53 Å². The third-order valence-corrected chi connectivity index (χ3v) is 2.82. The van der Waals surface area contributed by atoms with Gasteiger partial charge >= 0.3 is 0 Å². The van der Waals surface area contributed by atoms with Gasteiger partial charge < -0.3 is 4.74 Å². The van der Waals surface area contributed by atoms with E-state index in [0.29, 0.717) is 16.8 Å². The summed E-state index contributed by atoms with van der Waals surface area (Å²) in [4.78, 5) is 12.3. The Bertz CT molecular complexity index is 632. The highest BCUT2D eigenvalue weighted by molar-refractivity contribution is 6.09. The van der Waals surface area contributed by atoms with Crippen molar-refractivity contribution in [3.63, 3.8) is 0 Å². The van der Waals surface area contributed by atoms with E-state index in [1.807, 2.05) is 0 Å². The van der Waals surface area contributed by atoms with Gasteiger partial charge in [0.25, 0.3) is 0 Å². The van der Waals surface area contributed by atoms with Gasteiger partial charge in [-0.3, -0.25) is 9.80 Å². The van der Waals surface area contributed by atoms with Crippen LogP contribution in [0, 0.1) is 0 Å². The highest BCUT2D eigenvalue weighted by Gasteiger charge is 2.08. The van der Waals surface area contributed by atoms with Crippen molar-refractivity contribution >= 4 is 11.5 Å². The van der Waals surface area contributed by atoms with Gasteiger partial charge in [-0.1, -0.05) is 5.22 Å². The van der Waals surface area contributed by atoms with Crippen LogP contribution in [0.3, 0.4) is 0 Å². The molecular weight excluding hydrogens is 266 g/mol. The van der Waals surface area contributed by atoms with Crippen LogP contribution in [0.15, 0.2) is 58.9 Å². The number of ether oxygens (including phenoxy) is 1. The first-order chi connectivity index (χ1) is 10.1. The number of carbonyl (C=O) groups is 1. The molecule has 2 aromatic rings. The molecule has 0 aliphatic rings. The summed E-state index contributed by atoms with van der Waals surface area (Å²) in [6, 6.07) is 14.1. The van der Waals surface area contributed by atoms with E-state index in [9.17, 15) is 4.79 Å². The third kappa shape index (κ3) is 3.89. The minimum Gasteiger partial charge on any atom is -0.497 e. The molecule has 0 fully saturated rings. The molecule has 0 aliphatic heterocycles. The largest absolute Gasteiger partial charge is 0.497 e. The van der Waals surface area contributed by atoms with E-state index in [1.165, 1.54) is 0 Å². The molecule has 0 unspecified atom stereocenters. The molecule has 21 heavy (non-hydrogen) atoms. The summed E-state index contributed by atoms with van der Waals surface area (Å²) in [5.74, 6) is 0.694. The van der Waals surface area contributed by atoms with Crippen molar-refractivity contribution in [1.29, 1.82) is 0 Å². The average molecular weight is 283 g/mol. The van der Waals surface area contributed by atoms with Gasteiger partial charge in [-0.05, 0) is 48.5 Å². The maximum atomic E-state index is 12.3. The minimum absolute atomic E-state index is 0.0336. The van der Waals surface area contributed by atoms with Crippen molar-refractivity contribution in [2.75, 3.05) is 21.2 Å². The molecule has 0 spiro atoms. The fraction of sp³-hybridized carbons (Fsp3) is 0.188. The molecule has 0 aliphatic carbocycles. The second-order valence-electron chi connectivity index (χ2n) is 4.64. The van der Waals surface area contributed by atoms with Crippen molar-refractivity contribution in [2.24, 2.45) is 10.3 Å². The summed E-state index contributed by atoms with van der Waals surface area (Å²) in [7, 11) is 5.19. The lowest BCUT2D eigenvalue weighted by molar-refractivity contribution is 0.103. The first-order valence-corrected chi connectivity index (χ1v) is 6.48. The Kier molecular flexibility index (Phi) is 4.66. The molecule has 5 heteroatoms. The minimum atomic E-state index is -0.0336. The summed E-state index contributed by atoms with van der Waals surface area (Å²) in [6.45, 7) is 0. The van der Waals surface area contributed by atoms with Crippen LogP contribution in [-0.4, -0.2) is 32.0 Å². The predicted octanol–water partition coefficient (Wildman–Crippen LogP) is 3.49. The number of carbonyl (C=O) groups excluding carboxylic acids is 1. The third-order valence-electron chi connectivity index (χ3n) is 2.82. The molecule has 0 saturated carbocycles. The van der Waals surface area contributed by atoms with Gasteiger partial charge in [-0.2, -0.15) is 0 Å². The average Bonchev–Trinajstić information content (AvgIpc) is 2.53. The van der Waals surface area contributed by atoms with E-state index in [4.69, 9.17) is 4.74 Å². The maximum Gasteiger partial charge on any atom is 0.193 e. The molecule has 2 aromatic carbocycles. The SMILES string of the molecule is COc1ccc(C(=O)c2ccc(N=NN(C)C)cc2)cc1. The molecule has 5 nitrogen and oxygen atoms in total. The second kappa shape index (κ2) is 6.65. The standard InChI is InChI=1S/C16H17N3O2/c1-19(2)18-17-14-8-4-12(5-9-14)16(20)13-6-10-15(21-3)11-7-13/h4-11H,1-3H3. The molecule has 0 bridgehead atoms. The summed E-state index contributed by atoms with van der Waals surface area (Å²) in [5.41, 5.74) is 1.94. The molecule has 0 N–H and O–H groups in total. The van der Waals surface area contributed by atoms with Crippen LogP contribution < -0.4 is 4.74 Å². The zero-order chi connectivity index (χ0) is 15.2. The van der Waals surface area contributed by atoms with E-state index >= 15 is 0 Å². The lowest BCUT2D eigenvalue weighted by atomic mass is 10.0. The Hall–Kier alpha value is -2.69. The molecule has 0 atom stereocenters. The van der Waals surface area contributed by atoms with Gasteiger partial charge in [0, 0.05) is 25.2 Å². The molecular formula is C16H17N3O2. The molecule has 2 rings (SSSR count).